The number of pyridine rings is 1. The van der Waals surface area contributed by atoms with Crippen LogP contribution in [0.3, 0.4) is 0 Å². The lowest BCUT2D eigenvalue weighted by Gasteiger charge is -2.33. The number of benzene rings is 1. The van der Waals surface area contributed by atoms with E-state index in [0.717, 1.165) is 39.7 Å². The summed E-state index contributed by atoms with van der Waals surface area (Å²) >= 11 is 3.46. The highest BCUT2D eigenvalue weighted by molar-refractivity contribution is 9.10. The second kappa shape index (κ2) is 7.91. The molecule has 0 bridgehead atoms. The summed E-state index contributed by atoms with van der Waals surface area (Å²) in [6.07, 6.45) is 5.54. The molecule has 6 heteroatoms. The van der Waals surface area contributed by atoms with Crippen LogP contribution in [-0.4, -0.2) is 24.8 Å². The molecule has 0 unspecified atom stereocenters. The van der Waals surface area contributed by atoms with E-state index in [9.17, 15) is 4.79 Å². The molecule has 3 rings (SSSR count). The molecule has 0 atom stereocenters. The standard InChI is InChI=1S/C22H27BrN2O2Si/c1-22(2,3)28(4,5)27-25-20-9-7-15-12-17(6-8-18(15)20)21(26)13-16-10-11-24-14-19(16)23/h6,8,10-12,14H,7,9,13H2,1-5H3. The minimum absolute atomic E-state index is 0.109. The molecule has 0 radical (unpaired) electrons. The Bertz CT molecular complexity index is 932. The van der Waals surface area contributed by atoms with Crippen molar-refractivity contribution in [2.45, 2.75) is 58.2 Å². The van der Waals surface area contributed by atoms with Crippen LogP contribution in [0.15, 0.2) is 46.3 Å². The van der Waals surface area contributed by atoms with Gasteiger partial charge in [-0.15, -0.1) is 5.16 Å². The zero-order valence-electron chi connectivity index (χ0n) is 17.2. The zero-order chi connectivity index (χ0) is 20.5. The van der Waals surface area contributed by atoms with Gasteiger partial charge in [0, 0.05) is 34.4 Å². The van der Waals surface area contributed by atoms with Crippen molar-refractivity contribution >= 4 is 35.7 Å². The number of nitrogens with zero attached hydrogens (tertiary/aromatic N) is 2. The minimum atomic E-state index is -1.92. The lowest BCUT2D eigenvalue weighted by molar-refractivity contribution is 0.0992. The third-order valence-electron chi connectivity index (χ3n) is 5.77. The summed E-state index contributed by atoms with van der Waals surface area (Å²) in [5, 5.41) is 4.66. The minimum Gasteiger partial charge on any atom is -0.455 e. The quantitative estimate of drug-likeness (QED) is 0.316. The van der Waals surface area contributed by atoms with Crippen LogP contribution in [0.4, 0.5) is 0 Å². The number of ketones is 1. The van der Waals surface area contributed by atoms with E-state index in [0.29, 0.717) is 6.42 Å². The Hall–Kier alpha value is -1.79. The fourth-order valence-electron chi connectivity index (χ4n) is 2.87. The SMILES string of the molecule is CC(C)(C)[Si](C)(C)ON=C1CCc2cc(C(=O)Cc3ccncc3Br)ccc21. The molecule has 28 heavy (non-hydrogen) atoms. The van der Waals surface area contributed by atoms with E-state index in [-0.39, 0.29) is 10.8 Å². The Morgan fingerprint density at radius 3 is 2.68 bits per heavy atom. The van der Waals surface area contributed by atoms with Crippen LogP contribution in [0.1, 0.15) is 54.2 Å². The summed E-state index contributed by atoms with van der Waals surface area (Å²) in [6, 6.07) is 7.81. The summed E-state index contributed by atoms with van der Waals surface area (Å²) in [5.74, 6) is 0.109. The number of aryl methyl sites for hydroxylation is 1. The van der Waals surface area contributed by atoms with Gasteiger partial charge in [-0.05, 0) is 70.2 Å². The van der Waals surface area contributed by atoms with E-state index in [1.807, 2.05) is 24.3 Å². The first-order valence-corrected chi connectivity index (χ1v) is 13.3. The Morgan fingerprint density at radius 1 is 1.25 bits per heavy atom. The van der Waals surface area contributed by atoms with Gasteiger partial charge in [-0.25, -0.2) is 0 Å². The first kappa shape index (κ1) is 20.9. The number of hydrogen-bond donors (Lipinski definition) is 0. The van der Waals surface area contributed by atoms with Crippen LogP contribution in [0.25, 0.3) is 0 Å². The maximum absolute atomic E-state index is 12.7. The van der Waals surface area contributed by atoms with Crippen LogP contribution in [-0.2, 0) is 17.4 Å². The molecule has 148 valence electrons. The smallest absolute Gasteiger partial charge is 0.286 e. The van der Waals surface area contributed by atoms with E-state index in [1.54, 1.807) is 12.4 Å². The third kappa shape index (κ3) is 4.44. The number of fused-ring (bicyclic) bond motifs is 1. The van der Waals surface area contributed by atoms with Crippen LogP contribution in [0, 0.1) is 0 Å². The summed E-state index contributed by atoms with van der Waals surface area (Å²) < 4.78 is 6.92. The van der Waals surface area contributed by atoms with Crippen molar-refractivity contribution in [2.75, 3.05) is 0 Å². The van der Waals surface area contributed by atoms with E-state index < -0.39 is 8.32 Å². The fourth-order valence-corrected chi connectivity index (χ4v) is 3.87. The number of hydrogen-bond acceptors (Lipinski definition) is 4. The highest BCUT2D eigenvalue weighted by atomic mass is 79.9. The van der Waals surface area contributed by atoms with Crippen molar-refractivity contribution < 1.29 is 9.32 Å². The molecule has 0 amide bonds. The van der Waals surface area contributed by atoms with E-state index >= 15 is 0 Å². The molecule has 0 fully saturated rings. The molecule has 1 aromatic heterocycles. The highest BCUT2D eigenvalue weighted by Gasteiger charge is 2.40. The van der Waals surface area contributed by atoms with E-state index in [1.165, 1.54) is 5.56 Å². The number of carbonyl (C=O) groups is 1. The Balaban J connectivity index is 1.77. The second-order valence-electron chi connectivity index (χ2n) is 8.83. The summed E-state index contributed by atoms with van der Waals surface area (Å²) in [4.78, 5) is 16.8. The molecule has 4 nitrogen and oxygen atoms in total. The molecule has 0 N–H and O–H groups in total. The first-order chi connectivity index (χ1) is 13.1. The lowest BCUT2D eigenvalue weighted by atomic mass is 9.99. The van der Waals surface area contributed by atoms with Gasteiger partial charge in [0.05, 0.1) is 5.71 Å². The van der Waals surface area contributed by atoms with Crippen LogP contribution >= 0.6 is 15.9 Å². The number of aromatic nitrogens is 1. The van der Waals surface area contributed by atoms with E-state index in [2.05, 4.69) is 59.9 Å². The van der Waals surface area contributed by atoms with Crippen molar-refractivity contribution in [1.82, 2.24) is 4.98 Å². The topological polar surface area (TPSA) is 51.5 Å². The maximum Gasteiger partial charge on any atom is 0.286 e. The Labute approximate surface area is 176 Å². The van der Waals surface area contributed by atoms with Crippen molar-refractivity contribution in [2.24, 2.45) is 5.16 Å². The molecule has 1 aliphatic carbocycles. The number of halogens is 1. The van der Waals surface area contributed by atoms with Gasteiger partial charge >= 0.3 is 0 Å². The summed E-state index contributed by atoms with van der Waals surface area (Å²) in [7, 11) is -1.92. The van der Waals surface area contributed by atoms with Crippen molar-refractivity contribution in [3.05, 3.63) is 63.4 Å². The number of carbonyl (C=O) groups excluding carboxylic acids is 1. The van der Waals surface area contributed by atoms with Crippen molar-refractivity contribution in [3.8, 4) is 0 Å². The van der Waals surface area contributed by atoms with Gasteiger partial charge in [0.15, 0.2) is 5.78 Å². The second-order valence-corrected chi connectivity index (χ2v) is 14.4. The Kier molecular flexibility index (Phi) is 5.91. The van der Waals surface area contributed by atoms with Gasteiger partial charge in [-0.3, -0.25) is 9.78 Å². The molecule has 1 aromatic carbocycles. The molecule has 2 aromatic rings. The predicted molar refractivity (Wildman–Crippen MR) is 120 cm³/mol. The van der Waals surface area contributed by atoms with Gasteiger partial charge in [-0.1, -0.05) is 32.9 Å². The zero-order valence-corrected chi connectivity index (χ0v) is 19.8. The largest absolute Gasteiger partial charge is 0.455 e. The molecule has 1 aliphatic rings. The molecule has 0 saturated heterocycles. The molecular formula is C22H27BrN2O2Si. The maximum atomic E-state index is 12.7. The van der Waals surface area contributed by atoms with Crippen molar-refractivity contribution in [1.29, 1.82) is 0 Å². The number of oxime groups is 1. The number of rotatable bonds is 5. The van der Waals surface area contributed by atoms with E-state index in [4.69, 9.17) is 4.53 Å². The van der Waals surface area contributed by atoms with Gasteiger partial charge in [0.2, 0.25) is 0 Å². The Morgan fingerprint density at radius 2 is 2.00 bits per heavy atom. The highest BCUT2D eigenvalue weighted by Crippen LogP contribution is 2.37. The average Bonchev–Trinajstić information content (AvgIpc) is 3.03. The molecule has 1 heterocycles. The van der Waals surface area contributed by atoms with Gasteiger partial charge in [0.1, 0.15) is 0 Å². The van der Waals surface area contributed by atoms with Gasteiger partial charge < -0.3 is 4.53 Å². The fraction of sp³-hybridized carbons (Fsp3) is 0.409. The molecule has 0 spiro atoms. The van der Waals surface area contributed by atoms with Gasteiger partial charge in [-0.2, -0.15) is 0 Å². The third-order valence-corrected chi connectivity index (χ3v) is 10.6. The van der Waals surface area contributed by atoms with Crippen LogP contribution in [0.2, 0.25) is 18.1 Å². The monoisotopic (exact) mass is 458 g/mol. The molecule has 0 aliphatic heterocycles. The summed E-state index contributed by atoms with van der Waals surface area (Å²) in [5.41, 5.74) is 4.98. The predicted octanol–water partition coefficient (Wildman–Crippen LogP) is 5.94. The average molecular weight is 459 g/mol. The van der Waals surface area contributed by atoms with Crippen LogP contribution in [0.5, 0.6) is 0 Å². The van der Waals surface area contributed by atoms with Gasteiger partial charge in [0.25, 0.3) is 8.32 Å². The molecule has 0 saturated carbocycles. The lowest BCUT2D eigenvalue weighted by Crippen LogP contribution is -2.39. The number of Topliss-reactive ketones (excluding diaryl/α,β-unsaturated/α-hetero) is 1. The van der Waals surface area contributed by atoms with Crippen LogP contribution < -0.4 is 0 Å². The van der Waals surface area contributed by atoms with Crippen molar-refractivity contribution in [3.63, 3.8) is 0 Å². The summed E-state index contributed by atoms with van der Waals surface area (Å²) in [6.45, 7) is 11.0. The first-order valence-electron chi connectivity index (χ1n) is 9.58. The molecular weight excluding hydrogens is 432 g/mol. The normalized spacial score (nSPS) is 15.6.